The van der Waals surface area contributed by atoms with Gasteiger partial charge < -0.3 is 19.9 Å². The van der Waals surface area contributed by atoms with Gasteiger partial charge in [-0.25, -0.2) is 4.58 Å². The van der Waals surface area contributed by atoms with Gasteiger partial charge in [0.25, 0.3) is 11.7 Å². The number of aliphatic imine (C=N–C) groups is 2. The zero-order valence-corrected chi connectivity index (χ0v) is 7.71. The molecule has 2 aliphatic heterocycles. The number of hydrogen-bond donors (Lipinski definition) is 0. The Labute approximate surface area is 90.0 Å². The zero-order valence-electron chi connectivity index (χ0n) is 7.71. The lowest BCUT2D eigenvalue weighted by molar-refractivity contribution is -0.640. The third-order valence-electron chi connectivity index (χ3n) is 1.83. The van der Waals surface area contributed by atoms with E-state index in [4.69, 9.17) is 13.1 Å². The topological polar surface area (TPSA) is 82.6 Å². The van der Waals surface area contributed by atoms with Gasteiger partial charge in [0.05, 0.1) is 0 Å². The second-order valence-electron chi connectivity index (χ2n) is 2.74. The lowest BCUT2D eigenvalue weighted by atomic mass is 10.6. The Morgan fingerprint density at radius 2 is 1.44 bits per heavy atom. The van der Waals surface area contributed by atoms with E-state index in [0.29, 0.717) is 4.58 Å². The molecule has 0 aromatic carbocycles. The van der Waals surface area contributed by atoms with E-state index in [1.54, 1.807) is 0 Å². The molecular weight excluding hydrogens is 210 g/mol. The van der Waals surface area contributed by atoms with Crippen LogP contribution >= 0.6 is 0 Å². The van der Waals surface area contributed by atoms with E-state index in [1.165, 1.54) is 0 Å². The maximum atomic E-state index is 11.3. The van der Waals surface area contributed by atoms with Gasteiger partial charge in [-0.15, -0.1) is 4.99 Å². The van der Waals surface area contributed by atoms with Crippen LogP contribution in [0.5, 0.6) is 0 Å². The van der Waals surface area contributed by atoms with Crippen LogP contribution in [0.4, 0.5) is 0 Å². The molecule has 7 nitrogen and oxygen atoms in total. The molecular formula is C9H2N5O2-. The molecule has 16 heavy (non-hydrogen) atoms. The quantitative estimate of drug-likeness (QED) is 0.358. The third kappa shape index (κ3) is 1.24. The molecule has 76 valence electrons. The molecule has 0 amide bonds. The fraction of sp³-hybridized carbons (Fsp3) is 0. The van der Waals surface area contributed by atoms with Crippen LogP contribution in [-0.2, 0) is 0 Å². The Morgan fingerprint density at radius 1 is 1.00 bits per heavy atom. The molecule has 0 unspecified atom stereocenters. The van der Waals surface area contributed by atoms with Crippen molar-refractivity contribution in [3.05, 3.63) is 46.8 Å². The number of rotatable bonds is 0. The normalized spacial score (nSPS) is 18.4. The van der Waals surface area contributed by atoms with Gasteiger partial charge in [-0.2, -0.15) is 0 Å². The lowest BCUT2D eigenvalue weighted by Gasteiger charge is -2.14. The Bertz CT molecular complexity index is 555. The van der Waals surface area contributed by atoms with Gasteiger partial charge in [0.2, 0.25) is 0 Å². The summed E-state index contributed by atoms with van der Waals surface area (Å²) >= 11 is 0. The van der Waals surface area contributed by atoms with E-state index in [1.807, 2.05) is 0 Å². The highest BCUT2D eigenvalue weighted by Gasteiger charge is 2.26. The molecule has 7 heteroatoms. The molecule has 0 saturated carbocycles. The monoisotopic (exact) mass is 212 g/mol. The van der Waals surface area contributed by atoms with Crippen molar-refractivity contribution < 1.29 is 14.8 Å². The van der Waals surface area contributed by atoms with E-state index in [-0.39, 0.29) is 17.6 Å². The molecule has 0 spiro atoms. The van der Waals surface area contributed by atoms with Crippen molar-refractivity contribution in [1.29, 1.82) is 0 Å². The predicted octanol–water partition coefficient (Wildman–Crippen LogP) is -1.58. The molecule has 0 saturated heterocycles. The molecule has 0 radical (unpaired) electrons. The fourth-order valence-electron chi connectivity index (χ4n) is 1.16. The van der Waals surface area contributed by atoms with Crippen LogP contribution in [-0.4, -0.2) is 22.2 Å². The maximum absolute atomic E-state index is 11.3. The first-order valence-electron chi connectivity index (χ1n) is 4.03. The van der Waals surface area contributed by atoms with Gasteiger partial charge >= 0.3 is 5.96 Å². The minimum Gasteiger partial charge on any atom is -0.848 e. The standard InChI is InChI=1S/C9H2N5O2/c1-10-7-8(11-2)13-9(12-7)14-5(15)3-4-6(14)16/h3-4H/q-1. The Morgan fingerprint density at radius 3 is 1.81 bits per heavy atom. The number of nitrogens with zero attached hydrogens (tertiary/aromatic N) is 5. The molecule has 0 aromatic heterocycles. The van der Waals surface area contributed by atoms with Crippen LogP contribution in [0, 0.1) is 13.1 Å². The smallest absolute Gasteiger partial charge is 0.442 e. The highest BCUT2D eigenvalue weighted by Crippen LogP contribution is 2.11. The second kappa shape index (κ2) is 3.33. The first kappa shape index (κ1) is 9.62. The zero-order chi connectivity index (χ0) is 11.7. The van der Waals surface area contributed by atoms with Crippen LogP contribution in [0.3, 0.4) is 0 Å². The number of amidine groups is 2. The predicted molar refractivity (Wildman–Crippen MR) is 49.5 cm³/mol. The Balaban J connectivity index is 2.60. The minimum atomic E-state index is -0.580. The lowest BCUT2D eigenvalue weighted by Crippen LogP contribution is -2.27. The van der Waals surface area contributed by atoms with Gasteiger partial charge in [0.15, 0.2) is 0 Å². The van der Waals surface area contributed by atoms with E-state index in [2.05, 4.69) is 19.7 Å². The van der Waals surface area contributed by atoms with Crippen LogP contribution in [0.1, 0.15) is 0 Å². The summed E-state index contributed by atoms with van der Waals surface area (Å²) in [6, 6.07) is 0. The minimum absolute atomic E-state index is 0.211. The molecule has 0 aromatic rings. The van der Waals surface area contributed by atoms with Gasteiger partial charge in [0, 0.05) is 11.8 Å². The Hall–Kier alpha value is -2.93. The van der Waals surface area contributed by atoms with Crippen molar-refractivity contribution in [1.82, 2.24) is 0 Å². The number of hydrogen-bond acceptors (Lipinski definition) is 2. The van der Waals surface area contributed by atoms with E-state index >= 15 is 0 Å². The second-order valence-corrected chi connectivity index (χ2v) is 2.74. The van der Waals surface area contributed by atoms with E-state index in [9.17, 15) is 10.2 Å². The average Bonchev–Trinajstić information content (AvgIpc) is 2.82. The maximum Gasteiger partial charge on any atom is 0.442 e. The average molecular weight is 212 g/mol. The first-order chi connectivity index (χ1) is 7.67. The summed E-state index contributed by atoms with van der Waals surface area (Å²) in [5.41, 5.74) is 0. The summed E-state index contributed by atoms with van der Waals surface area (Å²) < 4.78 is 0.712. The van der Waals surface area contributed by atoms with Crippen LogP contribution in [0.25, 0.3) is 9.69 Å². The van der Waals surface area contributed by atoms with Crippen molar-refractivity contribution in [2.24, 2.45) is 9.98 Å². The molecule has 2 rings (SSSR count). The highest BCUT2D eigenvalue weighted by atomic mass is 16.3. The molecule has 0 fully saturated rings. The SMILES string of the molecule is [C-]#[N+]C1=NC(=[N+]2C([O-])=CC=C2[O-])N=C1[N+]#[C-]. The highest BCUT2D eigenvalue weighted by molar-refractivity contribution is 6.52. The van der Waals surface area contributed by atoms with Crippen molar-refractivity contribution in [3.63, 3.8) is 0 Å². The van der Waals surface area contributed by atoms with Gasteiger partial charge in [-0.05, 0) is 12.2 Å². The summed E-state index contributed by atoms with van der Waals surface area (Å²) in [5, 5.41) is 22.5. The molecule has 0 bridgehead atoms. The number of guanidine groups is 1. The summed E-state index contributed by atoms with van der Waals surface area (Å²) in [5.74, 6) is -1.81. The van der Waals surface area contributed by atoms with Crippen molar-refractivity contribution >= 4 is 17.6 Å². The molecule has 0 aliphatic carbocycles. The molecule has 0 N–H and O–H groups in total. The van der Waals surface area contributed by atoms with E-state index < -0.39 is 11.8 Å². The van der Waals surface area contributed by atoms with Crippen LogP contribution in [0.2, 0.25) is 0 Å². The van der Waals surface area contributed by atoms with Gasteiger partial charge in [0.1, 0.15) is 0 Å². The number of allylic oxidation sites excluding steroid dienone is 2. The van der Waals surface area contributed by atoms with Gasteiger partial charge in [-0.3, -0.25) is 0 Å². The largest absolute Gasteiger partial charge is 0.848 e. The third-order valence-corrected chi connectivity index (χ3v) is 1.83. The van der Waals surface area contributed by atoms with Crippen molar-refractivity contribution in [2.45, 2.75) is 0 Å². The Kier molecular flexibility index (Phi) is 2.00. The van der Waals surface area contributed by atoms with Crippen molar-refractivity contribution in [3.8, 4) is 0 Å². The van der Waals surface area contributed by atoms with E-state index in [0.717, 1.165) is 12.2 Å². The van der Waals surface area contributed by atoms with Crippen LogP contribution < -0.4 is 10.2 Å². The summed E-state index contributed by atoms with van der Waals surface area (Å²) in [6.45, 7) is 13.5. The van der Waals surface area contributed by atoms with Gasteiger partial charge in [-0.1, -0.05) is 18.1 Å². The molecule has 0 atom stereocenters. The fourth-order valence-corrected chi connectivity index (χ4v) is 1.16. The first-order valence-corrected chi connectivity index (χ1v) is 4.03. The summed E-state index contributed by atoms with van der Waals surface area (Å²) in [6.07, 6.45) is 2.15. The van der Waals surface area contributed by atoms with Crippen molar-refractivity contribution in [2.75, 3.05) is 0 Å². The molecule has 2 heterocycles. The summed E-state index contributed by atoms with van der Waals surface area (Å²) in [7, 11) is 0. The molecule has 2 aliphatic rings. The summed E-state index contributed by atoms with van der Waals surface area (Å²) in [4.78, 5) is 13.2. The van der Waals surface area contributed by atoms with Crippen LogP contribution in [0.15, 0.2) is 33.9 Å².